The van der Waals surface area contributed by atoms with Crippen LogP contribution >= 0.6 is 0 Å². The summed E-state index contributed by atoms with van der Waals surface area (Å²) >= 11 is 0. The molecule has 6 nitrogen and oxygen atoms in total. The van der Waals surface area contributed by atoms with Crippen molar-refractivity contribution in [3.8, 4) is 0 Å². The van der Waals surface area contributed by atoms with Crippen LogP contribution in [-0.2, 0) is 30.4 Å². The molecule has 1 atom stereocenters. The maximum absolute atomic E-state index is 10.8. The number of benzene rings is 1. The molecule has 0 spiro atoms. The van der Waals surface area contributed by atoms with Crippen molar-refractivity contribution in [2.75, 3.05) is 12.9 Å². The van der Waals surface area contributed by atoms with Crippen LogP contribution in [0, 0.1) is 0 Å². The van der Waals surface area contributed by atoms with Crippen LogP contribution < -0.4 is 0 Å². The molecular weight excluding hydrogens is 260 g/mol. The zero-order valence-electron chi connectivity index (χ0n) is 9.78. The third-order valence-corrected chi connectivity index (χ3v) is 2.53. The Kier molecular flexibility index (Phi) is 5.26. The van der Waals surface area contributed by atoms with Crippen molar-refractivity contribution >= 4 is 16.1 Å². The van der Waals surface area contributed by atoms with Gasteiger partial charge in [0, 0.05) is 0 Å². The van der Waals surface area contributed by atoms with E-state index in [0.29, 0.717) is 0 Å². The molecule has 7 heteroatoms. The number of ether oxygens (including phenoxy) is 1. The predicted octanol–water partition coefficient (Wildman–Crippen LogP) is 0.633. The van der Waals surface area contributed by atoms with Crippen LogP contribution in [0.5, 0.6) is 0 Å². The van der Waals surface area contributed by atoms with Crippen molar-refractivity contribution in [3.63, 3.8) is 0 Å². The Morgan fingerprint density at radius 3 is 2.44 bits per heavy atom. The van der Waals surface area contributed by atoms with Crippen molar-refractivity contribution in [2.45, 2.75) is 12.7 Å². The number of carboxylic acids is 1. The lowest BCUT2D eigenvalue weighted by Gasteiger charge is -2.12. The normalized spacial score (nSPS) is 13.2. The van der Waals surface area contributed by atoms with Gasteiger partial charge in [0.25, 0.3) is 10.1 Å². The molecule has 0 aliphatic rings. The smallest absolute Gasteiger partial charge is 0.336 e. The predicted molar refractivity (Wildman–Crippen MR) is 63.5 cm³/mol. The minimum atomic E-state index is -3.82. The Morgan fingerprint density at radius 1 is 1.33 bits per heavy atom. The quantitative estimate of drug-likeness (QED) is 0.733. The van der Waals surface area contributed by atoms with Gasteiger partial charge in [-0.2, -0.15) is 8.42 Å². The van der Waals surface area contributed by atoms with E-state index in [0.717, 1.165) is 11.8 Å². The van der Waals surface area contributed by atoms with E-state index in [1.807, 2.05) is 30.3 Å². The van der Waals surface area contributed by atoms with Crippen LogP contribution in [0.15, 0.2) is 30.3 Å². The summed E-state index contributed by atoms with van der Waals surface area (Å²) in [4.78, 5) is 10.8. The van der Waals surface area contributed by atoms with Crippen LogP contribution in [0.3, 0.4) is 0 Å². The molecule has 1 aromatic rings. The molecule has 0 bridgehead atoms. The standard InChI is InChI=1S/C11H14O6S/c1-18(14,15)17-10(11(12)13)8-16-7-9-5-3-2-4-6-9/h2-6,10H,7-8H2,1H3,(H,12,13)/t10-/m0/s1. The third-order valence-electron chi connectivity index (χ3n) is 1.95. The Labute approximate surface area is 105 Å². The highest BCUT2D eigenvalue weighted by molar-refractivity contribution is 7.86. The van der Waals surface area contributed by atoms with Crippen LogP contribution in [0.2, 0.25) is 0 Å². The van der Waals surface area contributed by atoms with E-state index < -0.39 is 22.2 Å². The SMILES string of the molecule is CS(=O)(=O)O[C@@H](COCc1ccccc1)C(=O)O. The van der Waals surface area contributed by atoms with E-state index in [4.69, 9.17) is 9.84 Å². The van der Waals surface area contributed by atoms with Gasteiger partial charge in [0.2, 0.25) is 0 Å². The molecule has 0 unspecified atom stereocenters. The first-order valence-corrected chi connectivity index (χ1v) is 6.93. The summed E-state index contributed by atoms with van der Waals surface area (Å²) in [6.07, 6.45) is -0.733. The fourth-order valence-electron chi connectivity index (χ4n) is 1.21. The highest BCUT2D eigenvalue weighted by atomic mass is 32.2. The second-order valence-corrected chi connectivity index (χ2v) is 5.23. The Morgan fingerprint density at radius 2 is 1.94 bits per heavy atom. The summed E-state index contributed by atoms with van der Waals surface area (Å²) < 4.78 is 31.2. The lowest BCUT2D eigenvalue weighted by atomic mass is 10.2. The average Bonchev–Trinajstić information content (AvgIpc) is 2.27. The van der Waals surface area contributed by atoms with Gasteiger partial charge in [-0.05, 0) is 5.56 Å². The monoisotopic (exact) mass is 274 g/mol. The number of hydrogen-bond donors (Lipinski definition) is 1. The minimum absolute atomic E-state index is 0.192. The number of hydrogen-bond acceptors (Lipinski definition) is 5. The third kappa shape index (κ3) is 5.76. The minimum Gasteiger partial charge on any atom is -0.479 e. The van der Waals surface area contributed by atoms with Gasteiger partial charge in [0.05, 0.1) is 19.5 Å². The van der Waals surface area contributed by atoms with Crippen molar-refractivity contribution in [1.29, 1.82) is 0 Å². The highest BCUT2D eigenvalue weighted by Crippen LogP contribution is 2.04. The molecule has 1 rings (SSSR count). The van der Waals surface area contributed by atoms with E-state index in [1.54, 1.807) is 0 Å². The van der Waals surface area contributed by atoms with Crippen LogP contribution in [0.4, 0.5) is 0 Å². The number of rotatable bonds is 7. The molecular formula is C11H14O6S. The van der Waals surface area contributed by atoms with Gasteiger partial charge in [0.15, 0.2) is 6.10 Å². The number of aliphatic carboxylic acids is 1. The summed E-state index contributed by atoms with van der Waals surface area (Å²) in [6.45, 7) is -0.144. The zero-order valence-corrected chi connectivity index (χ0v) is 10.6. The molecule has 1 aromatic carbocycles. The first kappa shape index (κ1) is 14.6. The van der Waals surface area contributed by atoms with E-state index in [2.05, 4.69) is 4.18 Å². The first-order chi connectivity index (χ1) is 8.38. The van der Waals surface area contributed by atoms with Crippen molar-refractivity contribution in [3.05, 3.63) is 35.9 Å². The van der Waals surface area contributed by atoms with Gasteiger partial charge in [-0.1, -0.05) is 30.3 Å². The molecule has 0 radical (unpaired) electrons. The molecule has 0 aliphatic carbocycles. The molecule has 0 amide bonds. The van der Waals surface area contributed by atoms with E-state index in [9.17, 15) is 13.2 Å². The molecule has 0 fully saturated rings. The first-order valence-electron chi connectivity index (χ1n) is 5.11. The van der Waals surface area contributed by atoms with E-state index in [-0.39, 0.29) is 13.2 Å². The van der Waals surface area contributed by atoms with Gasteiger partial charge >= 0.3 is 5.97 Å². The van der Waals surface area contributed by atoms with Crippen molar-refractivity contribution < 1.29 is 27.2 Å². The van der Waals surface area contributed by atoms with E-state index in [1.165, 1.54) is 0 Å². The fourth-order valence-corrected chi connectivity index (χ4v) is 1.77. The van der Waals surface area contributed by atoms with E-state index >= 15 is 0 Å². The van der Waals surface area contributed by atoms with Crippen molar-refractivity contribution in [2.24, 2.45) is 0 Å². The van der Waals surface area contributed by atoms with Gasteiger partial charge in [-0.25, -0.2) is 4.79 Å². The van der Waals surface area contributed by atoms with Crippen LogP contribution in [-0.4, -0.2) is 38.5 Å². The summed E-state index contributed by atoms with van der Waals surface area (Å²) in [5.41, 5.74) is 0.862. The molecule has 0 saturated carbocycles. The second kappa shape index (κ2) is 6.48. The second-order valence-electron chi connectivity index (χ2n) is 3.63. The molecule has 0 aromatic heterocycles. The van der Waals surface area contributed by atoms with Gasteiger partial charge in [-0.15, -0.1) is 0 Å². The summed E-state index contributed by atoms with van der Waals surface area (Å²) in [7, 11) is -3.82. The zero-order chi connectivity index (χ0) is 13.6. The molecule has 100 valence electrons. The highest BCUT2D eigenvalue weighted by Gasteiger charge is 2.23. The molecule has 0 aliphatic heterocycles. The van der Waals surface area contributed by atoms with Gasteiger partial charge in [0.1, 0.15) is 0 Å². The maximum atomic E-state index is 10.8. The molecule has 1 N–H and O–H groups in total. The largest absolute Gasteiger partial charge is 0.479 e. The Bertz CT molecular complexity index is 482. The van der Waals surface area contributed by atoms with Crippen LogP contribution in [0.25, 0.3) is 0 Å². The average molecular weight is 274 g/mol. The van der Waals surface area contributed by atoms with Crippen molar-refractivity contribution in [1.82, 2.24) is 0 Å². The molecule has 0 saturated heterocycles. The lowest BCUT2D eigenvalue weighted by Crippen LogP contribution is -2.31. The Balaban J connectivity index is 2.46. The fraction of sp³-hybridized carbons (Fsp3) is 0.364. The number of carboxylic acid groups (broad SMARTS) is 1. The van der Waals surface area contributed by atoms with Gasteiger partial charge < -0.3 is 9.84 Å². The summed E-state index contributed by atoms with van der Waals surface area (Å²) in [5.74, 6) is -1.38. The van der Waals surface area contributed by atoms with Crippen LogP contribution in [0.1, 0.15) is 5.56 Å². The maximum Gasteiger partial charge on any atom is 0.336 e. The Hall–Kier alpha value is -1.44. The summed E-state index contributed by atoms with van der Waals surface area (Å²) in [5, 5.41) is 8.76. The molecule has 0 heterocycles. The number of carbonyl (C=O) groups is 1. The topological polar surface area (TPSA) is 89.9 Å². The molecule has 18 heavy (non-hydrogen) atoms. The summed E-state index contributed by atoms with van der Waals surface area (Å²) in [6, 6.07) is 9.11. The van der Waals surface area contributed by atoms with Gasteiger partial charge in [-0.3, -0.25) is 4.18 Å². The lowest BCUT2D eigenvalue weighted by molar-refractivity contribution is -0.148.